The molecule has 0 amide bonds. The third-order valence-electron chi connectivity index (χ3n) is 4.24. The largest absolute Gasteiger partial charge is 0.388 e. The molecule has 0 radical (unpaired) electrons. The molecular formula is C17H19FN4O2. The molecule has 2 heterocycles. The van der Waals surface area contributed by atoms with Crippen molar-refractivity contribution in [1.82, 2.24) is 15.0 Å². The van der Waals surface area contributed by atoms with Crippen molar-refractivity contribution in [3.05, 3.63) is 46.9 Å². The van der Waals surface area contributed by atoms with Gasteiger partial charge in [0.15, 0.2) is 5.82 Å². The molecule has 126 valence electrons. The number of halogens is 1. The summed E-state index contributed by atoms with van der Waals surface area (Å²) in [5.74, 6) is 0.471. The summed E-state index contributed by atoms with van der Waals surface area (Å²) in [6.07, 6.45) is 1.81. The highest BCUT2D eigenvalue weighted by Gasteiger charge is 2.35. The van der Waals surface area contributed by atoms with Gasteiger partial charge < -0.3 is 9.63 Å². The van der Waals surface area contributed by atoms with E-state index in [-0.39, 0.29) is 5.56 Å². The van der Waals surface area contributed by atoms with Crippen LogP contribution in [0.15, 0.2) is 22.7 Å². The predicted octanol–water partition coefficient (Wildman–Crippen LogP) is 1.96. The first-order chi connectivity index (χ1) is 11.5. The van der Waals surface area contributed by atoms with Crippen molar-refractivity contribution in [3.63, 3.8) is 0 Å². The number of β-amino-alcohol motifs (C(OH)–C–C–N with tert-alkyl or cyclic N) is 1. The molecule has 0 aliphatic carbocycles. The van der Waals surface area contributed by atoms with E-state index in [1.807, 2.05) is 6.07 Å². The lowest BCUT2D eigenvalue weighted by Crippen LogP contribution is -2.49. The van der Waals surface area contributed by atoms with E-state index in [1.165, 1.54) is 12.1 Å². The Bertz CT molecular complexity index is 770. The second-order valence-electron chi connectivity index (χ2n) is 6.38. The summed E-state index contributed by atoms with van der Waals surface area (Å²) in [5.41, 5.74) is -0.104. The highest BCUT2D eigenvalue weighted by Crippen LogP contribution is 2.26. The summed E-state index contributed by atoms with van der Waals surface area (Å²) in [6.45, 7) is 3.54. The molecule has 1 atom stereocenters. The molecule has 1 saturated heterocycles. The van der Waals surface area contributed by atoms with E-state index in [0.717, 1.165) is 18.5 Å². The highest BCUT2D eigenvalue weighted by molar-refractivity contribution is 5.33. The van der Waals surface area contributed by atoms with Crippen LogP contribution in [0.2, 0.25) is 0 Å². The lowest BCUT2D eigenvalue weighted by atomic mass is 9.89. The summed E-state index contributed by atoms with van der Waals surface area (Å²) >= 11 is 0. The molecule has 0 saturated carbocycles. The molecule has 1 aromatic heterocycles. The molecule has 3 rings (SSSR count). The van der Waals surface area contributed by atoms with E-state index < -0.39 is 11.4 Å². The number of aryl methyl sites for hydroxylation is 1. The Balaban J connectivity index is 1.67. The topological polar surface area (TPSA) is 86.2 Å². The maximum Gasteiger partial charge on any atom is 0.229 e. The van der Waals surface area contributed by atoms with Crippen LogP contribution in [0.1, 0.15) is 35.7 Å². The van der Waals surface area contributed by atoms with Crippen molar-refractivity contribution >= 4 is 0 Å². The van der Waals surface area contributed by atoms with Crippen LogP contribution in [0.25, 0.3) is 0 Å². The number of aromatic nitrogens is 2. The first-order valence-corrected chi connectivity index (χ1v) is 7.90. The van der Waals surface area contributed by atoms with E-state index in [0.29, 0.717) is 37.6 Å². The number of likely N-dealkylation sites (tertiary alicyclic amines) is 1. The molecule has 0 spiro atoms. The van der Waals surface area contributed by atoms with Crippen molar-refractivity contribution in [2.45, 2.75) is 38.3 Å². The summed E-state index contributed by atoms with van der Waals surface area (Å²) < 4.78 is 18.8. The minimum atomic E-state index is -0.928. The standard InChI is InChI=1S/C17H19FN4O2/c1-12-20-16(24-21-12)8-17(23)5-2-6-22(11-17)10-13-3-4-14(9-19)15(18)7-13/h3-4,7,23H,2,5-6,8,10-11H2,1H3. The van der Waals surface area contributed by atoms with Crippen molar-refractivity contribution in [3.8, 4) is 6.07 Å². The molecular weight excluding hydrogens is 311 g/mol. The number of nitrogens with zero attached hydrogens (tertiary/aromatic N) is 4. The molecule has 1 aliphatic heterocycles. The van der Waals surface area contributed by atoms with Gasteiger partial charge in [0.1, 0.15) is 11.9 Å². The summed E-state index contributed by atoms with van der Waals surface area (Å²) in [5, 5.41) is 23.4. The lowest BCUT2D eigenvalue weighted by molar-refractivity contribution is -0.0373. The molecule has 1 aliphatic rings. The maximum atomic E-state index is 13.7. The van der Waals surface area contributed by atoms with Crippen LogP contribution >= 0.6 is 0 Å². The summed E-state index contributed by atoms with van der Waals surface area (Å²) in [4.78, 5) is 6.23. The predicted molar refractivity (Wildman–Crippen MR) is 83.3 cm³/mol. The second kappa shape index (κ2) is 6.67. The highest BCUT2D eigenvalue weighted by atomic mass is 19.1. The molecule has 1 N–H and O–H groups in total. The number of hydrogen-bond acceptors (Lipinski definition) is 6. The SMILES string of the molecule is Cc1noc(CC2(O)CCCN(Cc3ccc(C#N)c(F)c3)C2)n1. The van der Waals surface area contributed by atoms with Crippen LogP contribution in [0.5, 0.6) is 0 Å². The molecule has 7 heteroatoms. The zero-order valence-electron chi connectivity index (χ0n) is 13.5. The van der Waals surface area contributed by atoms with E-state index in [9.17, 15) is 9.50 Å². The fourth-order valence-electron chi connectivity index (χ4n) is 3.18. The van der Waals surface area contributed by atoms with Gasteiger partial charge in [-0.3, -0.25) is 4.90 Å². The zero-order valence-corrected chi connectivity index (χ0v) is 13.5. The van der Waals surface area contributed by atoms with Gasteiger partial charge in [0.2, 0.25) is 5.89 Å². The Morgan fingerprint density at radius 3 is 3.00 bits per heavy atom. The average molecular weight is 330 g/mol. The smallest absolute Gasteiger partial charge is 0.229 e. The van der Waals surface area contributed by atoms with E-state index in [1.54, 1.807) is 13.0 Å². The first kappa shape index (κ1) is 16.6. The fraction of sp³-hybridized carbons (Fsp3) is 0.471. The number of aliphatic hydroxyl groups is 1. The normalized spacial score (nSPS) is 21.6. The van der Waals surface area contributed by atoms with Crippen molar-refractivity contribution in [2.75, 3.05) is 13.1 Å². The minimum Gasteiger partial charge on any atom is -0.388 e. The fourth-order valence-corrected chi connectivity index (χ4v) is 3.18. The van der Waals surface area contributed by atoms with Gasteiger partial charge in [0, 0.05) is 13.1 Å². The van der Waals surface area contributed by atoms with Gasteiger partial charge in [-0.05, 0) is 44.0 Å². The number of hydrogen-bond donors (Lipinski definition) is 1. The minimum absolute atomic E-state index is 0.0423. The van der Waals surface area contributed by atoms with Crippen molar-refractivity contribution in [1.29, 1.82) is 5.26 Å². The summed E-state index contributed by atoms with van der Waals surface area (Å²) in [6, 6.07) is 6.43. The lowest BCUT2D eigenvalue weighted by Gasteiger charge is -2.38. The first-order valence-electron chi connectivity index (χ1n) is 7.90. The van der Waals surface area contributed by atoms with Gasteiger partial charge in [-0.2, -0.15) is 10.2 Å². The number of benzene rings is 1. The van der Waals surface area contributed by atoms with E-state index >= 15 is 0 Å². The van der Waals surface area contributed by atoms with Gasteiger partial charge in [-0.1, -0.05) is 11.2 Å². The van der Waals surface area contributed by atoms with Crippen LogP contribution in [0.4, 0.5) is 4.39 Å². The zero-order chi connectivity index (χ0) is 17.2. The van der Waals surface area contributed by atoms with Gasteiger partial charge in [-0.25, -0.2) is 4.39 Å². The maximum absolute atomic E-state index is 13.7. The average Bonchev–Trinajstić information content (AvgIpc) is 2.92. The third kappa shape index (κ3) is 3.78. The van der Waals surface area contributed by atoms with Crippen molar-refractivity contribution in [2.24, 2.45) is 0 Å². The van der Waals surface area contributed by atoms with Crippen LogP contribution in [-0.4, -0.2) is 38.8 Å². The Morgan fingerprint density at radius 1 is 1.50 bits per heavy atom. The third-order valence-corrected chi connectivity index (χ3v) is 4.24. The second-order valence-corrected chi connectivity index (χ2v) is 6.38. The monoisotopic (exact) mass is 330 g/mol. The van der Waals surface area contributed by atoms with Crippen LogP contribution in [-0.2, 0) is 13.0 Å². The molecule has 0 bridgehead atoms. The Morgan fingerprint density at radius 2 is 2.33 bits per heavy atom. The quantitative estimate of drug-likeness (QED) is 0.922. The van der Waals surface area contributed by atoms with Crippen LogP contribution in [0.3, 0.4) is 0 Å². The van der Waals surface area contributed by atoms with E-state index in [4.69, 9.17) is 9.78 Å². The molecule has 1 fully saturated rings. The molecule has 1 unspecified atom stereocenters. The Hall–Kier alpha value is -2.30. The van der Waals surface area contributed by atoms with Gasteiger partial charge in [0.05, 0.1) is 17.6 Å². The number of nitriles is 1. The number of rotatable bonds is 4. The van der Waals surface area contributed by atoms with Gasteiger partial charge in [0.25, 0.3) is 0 Å². The molecule has 24 heavy (non-hydrogen) atoms. The van der Waals surface area contributed by atoms with Gasteiger partial charge >= 0.3 is 0 Å². The Labute approximate surface area is 139 Å². The van der Waals surface area contributed by atoms with E-state index in [2.05, 4.69) is 15.0 Å². The van der Waals surface area contributed by atoms with Gasteiger partial charge in [-0.15, -0.1) is 0 Å². The van der Waals surface area contributed by atoms with Crippen LogP contribution in [0, 0.1) is 24.1 Å². The number of piperidine rings is 1. The Kier molecular flexibility index (Phi) is 4.60. The summed E-state index contributed by atoms with van der Waals surface area (Å²) in [7, 11) is 0. The van der Waals surface area contributed by atoms with Crippen molar-refractivity contribution < 1.29 is 14.0 Å². The molecule has 1 aromatic carbocycles. The van der Waals surface area contributed by atoms with Crippen LogP contribution < -0.4 is 0 Å². The molecule has 2 aromatic rings. The molecule has 6 nitrogen and oxygen atoms in total.